The zero-order chi connectivity index (χ0) is 20.3. The Balaban J connectivity index is 1.58. The molecule has 6 nitrogen and oxygen atoms in total. The smallest absolute Gasteiger partial charge is 0.338 e. The Morgan fingerprint density at radius 2 is 1.86 bits per heavy atom. The Kier molecular flexibility index (Phi) is 5.75. The normalized spacial score (nSPS) is 10.6. The van der Waals surface area contributed by atoms with Crippen molar-refractivity contribution in [1.29, 1.82) is 0 Å². The number of aryl methyl sites for hydroxylation is 2. The van der Waals surface area contributed by atoms with E-state index in [9.17, 15) is 14.0 Å². The molecular formula is C20H17ClFN3O3. The van der Waals surface area contributed by atoms with Crippen molar-refractivity contribution in [3.8, 4) is 5.69 Å². The van der Waals surface area contributed by atoms with E-state index >= 15 is 0 Å². The molecule has 0 radical (unpaired) electrons. The average molecular weight is 402 g/mol. The van der Waals surface area contributed by atoms with Gasteiger partial charge in [-0.15, -0.1) is 0 Å². The van der Waals surface area contributed by atoms with E-state index in [4.69, 9.17) is 16.3 Å². The van der Waals surface area contributed by atoms with Gasteiger partial charge in [-0.25, -0.2) is 13.9 Å². The quantitative estimate of drug-likeness (QED) is 0.654. The van der Waals surface area contributed by atoms with Crippen LogP contribution in [0.3, 0.4) is 0 Å². The van der Waals surface area contributed by atoms with Crippen LogP contribution in [-0.4, -0.2) is 28.3 Å². The molecule has 0 spiro atoms. The summed E-state index contributed by atoms with van der Waals surface area (Å²) in [5.41, 5.74) is 2.91. The van der Waals surface area contributed by atoms with E-state index in [1.807, 2.05) is 19.9 Å². The summed E-state index contributed by atoms with van der Waals surface area (Å²) >= 11 is 5.66. The number of benzene rings is 2. The van der Waals surface area contributed by atoms with Gasteiger partial charge in [0.25, 0.3) is 5.91 Å². The van der Waals surface area contributed by atoms with E-state index in [1.54, 1.807) is 28.9 Å². The molecule has 0 aliphatic heterocycles. The molecular weight excluding hydrogens is 385 g/mol. The minimum atomic E-state index is -0.674. The van der Waals surface area contributed by atoms with E-state index in [0.717, 1.165) is 23.1 Å². The molecule has 0 fully saturated rings. The van der Waals surface area contributed by atoms with Crippen LogP contribution in [-0.2, 0) is 9.53 Å². The van der Waals surface area contributed by atoms with Crippen LogP contribution in [0.15, 0.2) is 48.5 Å². The second-order valence-corrected chi connectivity index (χ2v) is 6.57. The van der Waals surface area contributed by atoms with Gasteiger partial charge < -0.3 is 10.1 Å². The fourth-order valence-corrected chi connectivity index (χ4v) is 2.78. The van der Waals surface area contributed by atoms with Crippen LogP contribution in [0, 0.1) is 19.7 Å². The number of ether oxygens (including phenoxy) is 1. The van der Waals surface area contributed by atoms with E-state index in [2.05, 4.69) is 10.4 Å². The summed E-state index contributed by atoms with van der Waals surface area (Å²) in [4.78, 5) is 24.0. The zero-order valence-corrected chi connectivity index (χ0v) is 16.0. The first-order valence-electron chi connectivity index (χ1n) is 8.39. The number of nitrogens with one attached hydrogen (secondary N) is 1. The number of hydrogen-bond donors (Lipinski definition) is 1. The Labute approximate surface area is 165 Å². The first kappa shape index (κ1) is 19.6. The van der Waals surface area contributed by atoms with Gasteiger partial charge >= 0.3 is 5.97 Å². The molecule has 8 heteroatoms. The molecule has 2 aromatic carbocycles. The summed E-state index contributed by atoms with van der Waals surface area (Å²) < 4.78 is 20.4. The van der Waals surface area contributed by atoms with Crippen LogP contribution in [0.2, 0.25) is 5.02 Å². The van der Waals surface area contributed by atoms with Gasteiger partial charge in [0.2, 0.25) is 0 Å². The number of aromatic nitrogens is 2. The van der Waals surface area contributed by atoms with Crippen molar-refractivity contribution in [3.05, 3.63) is 76.3 Å². The summed E-state index contributed by atoms with van der Waals surface area (Å²) in [6.45, 7) is 3.29. The van der Waals surface area contributed by atoms with Gasteiger partial charge in [0.1, 0.15) is 5.82 Å². The molecule has 144 valence electrons. The summed E-state index contributed by atoms with van der Waals surface area (Å²) in [6, 6.07) is 12.4. The summed E-state index contributed by atoms with van der Waals surface area (Å²) in [6.07, 6.45) is 0. The van der Waals surface area contributed by atoms with Crippen molar-refractivity contribution in [2.24, 2.45) is 0 Å². The third-order valence-corrected chi connectivity index (χ3v) is 4.13. The standard InChI is InChI=1S/C20H17ClFN3O3/c1-12-9-13(2)25(24-12)16-6-3-14(4-7-16)20(27)28-11-19(26)23-18-8-5-15(21)10-17(18)22/h3-10H,11H2,1-2H3,(H,23,26). The van der Waals surface area contributed by atoms with Crippen molar-refractivity contribution < 1.29 is 18.7 Å². The largest absolute Gasteiger partial charge is 0.452 e. The number of anilines is 1. The van der Waals surface area contributed by atoms with Crippen molar-refractivity contribution in [2.45, 2.75) is 13.8 Å². The number of esters is 1. The number of halogens is 2. The monoisotopic (exact) mass is 401 g/mol. The summed E-state index contributed by atoms with van der Waals surface area (Å²) in [7, 11) is 0. The first-order valence-corrected chi connectivity index (χ1v) is 8.77. The lowest BCUT2D eigenvalue weighted by Gasteiger charge is -2.08. The average Bonchev–Trinajstić information content (AvgIpc) is 3.00. The van der Waals surface area contributed by atoms with Gasteiger partial charge in [0.15, 0.2) is 6.61 Å². The van der Waals surface area contributed by atoms with Crippen LogP contribution in [0.1, 0.15) is 21.7 Å². The first-order chi connectivity index (χ1) is 13.3. The van der Waals surface area contributed by atoms with Gasteiger partial charge in [0.05, 0.1) is 22.6 Å². The molecule has 1 aromatic heterocycles. The Hall–Kier alpha value is -3.19. The minimum Gasteiger partial charge on any atom is -0.452 e. The molecule has 1 heterocycles. The fourth-order valence-electron chi connectivity index (χ4n) is 2.62. The Bertz CT molecular complexity index is 1030. The maximum Gasteiger partial charge on any atom is 0.338 e. The van der Waals surface area contributed by atoms with Crippen LogP contribution in [0.25, 0.3) is 5.69 Å². The number of carbonyl (C=O) groups excluding carboxylic acids is 2. The molecule has 3 rings (SSSR count). The molecule has 1 amide bonds. The number of carbonyl (C=O) groups is 2. The number of hydrogen-bond acceptors (Lipinski definition) is 4. The molecule has 3 aromatic rings. The molecule has 0 saturated heterocycles. The van der Waals surface area contributed by atoms with E-state index in [0.29, 0.717) is 0 Å². The minimum absolute atomic E-state index is 0.0420. The Morgan fingerprint density at radius 3 is 2.46 bits per heavy atom. The lowest BCUT2D eigenvalue weighted by atomic mass is 10.2. The van der Waals surface area contributed by atoms with Gasteiger partial charge in [-0.05, 0) is 62.4 Å². The zero-order valence-electron chi connectivity index (χ0n) is 15.2. The third-order valence-electron chi connectivity index (χ3n) is 3.90. The van der Waals surface area contributed by atoms with Gasteiger partial charge in [0, 0.05) is 10.7 Å². The van der Waals surface area contributed by atoms with Gasteiger partial charge in [-0.3, -0.25) is 4.79 Å². The van der Waals surface area contributed by atoms with E-state index in [-0.39, 0.29) is 16.3 Å². The maximum atomic E-state index is 13.7. The molecule has 0 aliphatic carbocycles. The summed E-state index contributed by atoms with van der Waals surface area (Å²) in [5, 5.41) is 6.91. The number of amides is 1. The number of nitrogens with zero attached hydrogens (tertiary/aromatic N) is 2. The lowest BCUT2D eigenvalue weighted by Crippen LogP contribution is -2.21. The molecule has 0 unspecified atom stereocenters. The predicted octanol–water partition coefficient (Wildman–Crippen LogP) is 4.08. The highest BCUT2D eigenvalue weighted by molar-refractivity contribution is 6.30. The second-order valence-electron chi connectivity index (χ2n) is 6.13. The van der Waals surface area contributed by atoms with E-state index < -0.39 is 24.3 Å². The lowest BCUT2D eigenvalue weighted by molar-refractivity contribution is -0.119. The van der Waals surface area contributed by atoms with Crippen molar-refractivity contribution >= 4 is 29.2 Å². The van der Waals surface area contributed by atoms with Crippen molar-refractivity contribution in [1.82, 2.24) is 9.78 Å². The summed E-state index contributed by atoms with van der Waals surface area (Å²) in [5.74, 6) is -1.99. The topological polar surface area (TPSA) is 73.2 Å². The maximum absolute atomic E-state index is 13.7. The fraction of sp³-hybridized carbons (Fsp3) is 0.150. The molecule has 0 bridgehead atoms. The van der Waals surface area contributed by atoms with Crippen LogP contribution in [0.5, 0.6) is 0 Å². The van der Waals surface area contributed by atoms with Crippen molar-refractivity contribution in [2.75, 3.05) is 11.9 Å². The van der Waals surface area contributed by atoms with Gasteiger partial charge in [-0.2, -0.15) is 5.10 Å². The molecule has 0 atom stereocenters. The molecule has 0 saturated carbocycles. The molecule has 1 N–H and O–H groups in total. The Morgan fingerprint density at radius 1 is 1.14 bits per heavy atom. The van der Waals surface area contributed by atoms with Crippen LogP contribution in [0.4, 0.5) is 10.1 Å². The SMILES string of the molecule is Cc1cc(C)n(-c2ccc(C(=O)OCC(=O)Nc3ccc(Cl)cc3F)cc2)n1. The van der Waals surface area contributed by atoms with Gasteiger partial charge in [-0.1, -0.05) is 11.6 Å². The predicted molar refractivity (Wildman–Crippen MR) is 103 cm³/mol. The van der Waals surface area contributed by atoms with Crippen molar-refractivity contribution in [3.63, 3.8) is 0 Å². The highest BCUT2D eigenvalue weighted by Gasteiger charge is 2.13. The third kappa shape index (κ3) is 4.55. The molecule has 0 aliphatic rings. The van der Waals surface area contributed by atoms with Crippen LogP contribution >= 0.6 is 11.6 Å². The second kappa shape index (κ2) is 8.22. The molecule has 28 heavy (non-hydrogen) atoms. The highest BCUT2D eigenvalue weighted by atomic mass is 35.5. The van der Waals surface area contributed by atoms with Crippen LogP contribution < -0.4 is 5.32 Å². The number of rotatable bonds is 5. The highest BCUT2D eigenvalue weighted by Crippen LogP contribution is 2.19. The van der Waals surface area contributed by atoms with E-state index in [1.165, 1.54) is 12.1 Å².